The monoisotopic (exact) mass is 305 g/mol. The number of nitrogens with one attached hydrogen (secondary N) is 1. The maximum atomic E-state index is 12.1. The van der Waals surface area contributed by atoms with Gasteiger partial charge in [-0.2, -0.15) is 0 Å². The number of urea groups is 1. The van der Waals surface area contributed by atoms with Gasteiger partial charge in [-0.25, -0.2) is 14.6 Å². The summed E-state index contributed by atoms with van der Waals surface area (Å²) in [6.07, 6.45) is 0. The number of hydrogen-bond donors (Lipinski definition) is 2. The van der Waals surface area contributed by atoms with E-state index in [1.807, 2.05) is 6.92 Å². The molecule has 7 heteroatoms. The molecule has 0 aliphatic carbocycles. The Hall–Kier alpha value is -2.41. The van der Waals surface area contributed by atoms with E-state index < -0.39 is 5.97 Å². The Morgan fingerprint density at radius 2 is 2.00 bits per heavy atom. The average Bonchev–Trinajstić information content (AvgIpc) is 2.84. The van der Waals surface area contributed by atoms with Crippen LogP contribution in [0.15, 0.2) is 29.8 Å². The highest BCUT2D eigenvalue weighted by molar-refractivity contribution is 7.09. The van der Waals surface area contributed by atoms with Crippen LogP contribution in [0.4, 0.5) is 10.5 Å². The van der Waals surface area contributed by atoms with Gasteiger partial charge in [-0.3, -0.25) is 0 Å². The summed E-state index contributed by atoms with van der Waals surface area (Å²) >= 11 is 1.51. The van der Waals surface area contributed by atoms with Gasteiger partial charge in [-0.15, -0.1) is 11.3 Å². The van der Waals surface area contributed by atoms with E-state index in [0.29, 0.717) is 12.2 Å². The van der Waals surface area contributed by atoms with Crippen molar-refractivity contribution in [2.75, 3.05) is 12.4 Å². The quantitative estimate of drug-likeness (QED) is 0.910. The van der Waals surface area contributed by atoms with Crippen LogP contribution in [-0.2, 0) is 6.54 Å². The summed E-state index contributed by atoms with van der Waals surface area (Å²) in [4.78, 5) is 29.5. The topological polar surface area (TPSA) is 82.5 Å². The molecule has 0 atom stereocenters. The first-order chi connectivity index (χ1) is 9.97. The molecule has 1 heterocycles. The molecule has 2 amide bonds. The van der Waals surface area contributed by atoms with E-state index in [9.17, 15) is 9.59 Å². The van der Waals surface area contributed by atoms with Gasteiger partial charge < -0.3 is 15.3 Å². The molecule has 110 valence electrons. The lowest BCUT2D eigenvalue weighted by atomic mass is 10.2. The zero-order valence-corrected chi connectivity index (χ0v) is 12.5. The van der Waals surface area contributed by atoms with Gasteiger partial charge >= 0.3 is 12.0 Å². The fourth-order valence-electron chi connectivity index (χ4n) is 1.68. The molecule has 0 unspecified atom stereocenters. The molecule has 6 nitrogen and oxygen atoms in total. The van der Waals surface area contributed by atoms with E-state index in [0.717, 1.165) is 10.6 Å². The first-order valence-electron chi connectivity index (χ1n) is 6.22. The smallest absolute Gasteiger partial charge is 0.335 e. The van der Waals surface area contributed by atoms with E-state index in [1.54, 1.807) is 29.6 Å². The Morgan fingerprint density at radius 3 is 2.52 bits per heavy atom. The predicted octanol–water partition coefficient (Wildman–Crippen LogP) is 2.81. The SMILES string of the molecule is Cc1ncsc1CN(C)C(=O)Nc1ccc(C(=O)O)cc1. The number of carboxylic acid groups (broad SMARTS) is 1. The Kier molecular flexibility index (Phi) is 4.54. The van der Waals surface area contributed by atoms with Crippen LogP contribution >= 0.6 is 11.3 Å². The van der Waals surface area contributed by atoms with Gasteiger partial charge in [0, 0.05) is 17.6 Å². The van der Waals surface area contributed by atoms with Crippen LogP contribution in [-0.4, -0.2) is 34.0 Å². The zero-order valence-electron chi connectivity index (χ0n) is 11.7. The third kappa shape index (κ3) is 3.79. The fourth-order valence-corrected chi connectivity index (χ4v) is 2.51. The lowest BCUT2D eigenvalue weighted by Gasteiger charge is -2.17. The second kappa shape index (κ2) is 6.36. The number of rotatable bonds is 4. The van der Waals surface area contributed by atoms with Crippen molar-refractivity contribution in [2.24, 2.45) is 0 Å². The number of aromatic carboxylic acids is 1. The normalized spacial score (nSPS) is 10.2. The van der Waals surface area contributed by atoms with Crippen LogP contribution in [0.3, 0.4) is 0 Å². The molecule has 1 aromatic heterocycles. The number of aryl methyl sites for hydroxylation is 1. The standard InChI is InChI=1S/C14H15N3O3S/c1-9-12(21-8-15-9)7-17(2)14(20)16-11-5-3-10(4-6-11)13(18)19/h3-6,8H,7H2,1-2H3,(H,16,20)(H,18,19). The van der Waals surface area contributed by atoms with Gasteiger partial charge in [0.1, 0.15) is 0 Å². The maximum absolute atomic E-state index is 12.1. The van der Waals surface area contributed by atoms with Gasteiger partial charge in [0.25, 0.3) is 0 Å². The minimum absolute atomic E-state index is 0.182. The van der Waals surface area contributed by atoms with Crippen molar-refractivity contribution in [3.05, 3.63) is 45.9 Å². The first kappa shape index (κ1) is 15.0. The third-order valence-corrected chi connectivity index (χ3v) is 3.88. The van der Waals surface area contributed by atoms with E-state index in [1.165, 1.54) is 23.5 Å². The number of carbonyl (C=O) groups is 2. The van der Waals surface area contributed by atoms with Crippen LogP contribution < -0.4 is 5.32 Å². The molecule has 0 aliphatic rings. The first-order valence-corrected chi connectivity index (χ1v) is 7.10. The van der Waals surface area contributed by atoms with Crippen molar-refractivity contribution in [3.63, 3.8) is 0 Å². The molecule has 2 N–H and O–H groups in total. The average molecular weight is 305 g/mol. The number of thiazole rings is 1. The molecule has 0 radical (unpaired) electrons. The number of nitrogens with zero attached hydrogens (tertiary/aromatic N) is 2. The summed E-state index contributed by atoms with van der Waals surface area (Å²) < 4.78 is 0. The molecule has 0 fully saturated rings. The number of benzene rings is 1. The maximum Gasteiger partial charge on any atom is 0.335 e. The second-order valence-electron chi connectivity index (χ2n) is 4.53. The number of carboxylic acids is 1. The minimum atomic E-state index is -0.995. The molecule has 2 aromatic rings. The van der Waals surface area contributed by atoms with E-state index in [-0.39, 0.29) is 11.6 Å². The van der Waals surface area contributed by atoms with Gasteiger partial charge in [0.15, 0.2) is 0 Å². The Bertz CT molecular complexity index is 652. The lowest BCUT2D eigenvalue weighted by molar-refractivity contribution is 0.0697. The number of hydrogen-bond acceptors (Lipinski definition) is 4. The fraction of sp³-hybridized carbons (Fsp3) is 0.214. The van der Waals surface area contributed by atoms with Crippen LogP contribution in [0.1, 0.15) is 20.9 Å². The van der Waals surface area contributed by atoms with Crippen LogP contribution in [0.2, 0.25) is 0 Å². The molecular formula is C14H15N3O3S. The van der Waals surface area contributed by atoms with Crippen molar-refractivity contribution < 1.29 is 14.7 Å². The summed E-state index contributed by atoms with van der Waals surface area (Å²) in [7, 11) is 1.69. The molecule has 21 heavy (non-hydrogen) atoms. The molecule has 0 bridgehead atoms. The van der Waals surface area contributed by atoms with Crippen molar-refractivity contribution in [1.29, 1.82) is 0 Å². The molecule has 0 aliphatic heterocycles. The third-order valence-electron chi connectivity index (χ3n) is 2.96. The van der Waals surface area contributed by atoms with Crippen LogP contribution in [0.25, 0.3) is 0 Å². The summed E-state index contributed by atoms with van der Waals surface area (Å²) in [5.74, 6) is -0.995. The summed E-state index contributed by atoms with van der Waals surface area (Å²) in [6, 6.07) is 5.77. The van der Waals surface area contributed by atoms with E-state index >= 15 is 0 Å². The lowest BCUT2D eigenvalue weighted by Crippen LogP contribution is -2.30. The molecule has 1 aromatic carbocycles. The highest BCUT2D eigenvalue weighted by Crippen LogP contribution is 2.15. The van der Waals surface area contributed by atoms with Crippen molar-refractivity contribution in [1.82, 2.24) is 9.88 Å². The Morgan fingerprint density at radius 1 is 1.33 bits per heavy atom. The summed E-state index contributed by atoms with van der Waals surface area (Å²) in [5.41, 5.74) is 3.41. The van der Waals surface area contributed by atoms with Gasteiger partial charge in [-0.1, -0.05) is 0 Å². The highest BCUT2D eigenvalue weighted by Gasteiger charge is 2.12. The van der Waals surface area contributed by atoms with Crippen LogP contribution in [0.5, 0.6) is 0 Å². The number of carbonyl (C=O) groups excluding carboxylic acids is 1. The minimum Gasteiger partial charge on any atom is -0.478 e. The molecule has 0 saturated carbocycles. The molecule has 0 saturated heterocycles. The summed E-state index contributed by atoms with van der Waals surface area (Å²) in [6.45, 7) is 2.39. The highest BCUT2D eigenvalue weighted by atomic mass is 32.1. The van der Waals surface area contributed by atoms with Crippen LogP contribution in [0, 0.1) is 6.92 Å². The summed E-state index contributed by atoms with van der Waals surface area (Å²) in [5, 5.41) is 11.5. The largest absolute Gasteiger partial charge is 0.478 e. The Balaban J connectivity index is 1.97. The van der Waals surface area contributed by atoms with Crippen molar-refractivity contribution in [3.8, 4) is 0 Å². The molecular weight excluding hydrogens is 290 g/mol. The van der Waals surface area contributed by atoms with E-state index in [2.05, 4.69) is 10.3 Å². The van der Waals surface area contributed by atoms with Crippen molar-refractivity contribution >= 4 is 29.0 Å². The van der Waals surface area contributed by atoms with E-state index in [4.69, 9.17) is 5.11 Å². The van der Waals surface area contributed by atoms with Crippen molar-refractivity contribution in [2.45, 2.75) is 13.5 Å². The number of anilines is 1. The van der Waals surface area contributed by atoms with Gasteiger partial charge in [0.05, 0.1) is 23.3 Å². The Labute approximate surface area is 126 Å². The second-order valence-corrected chi connectivity index (χ2v) is 5.47. The molecule has 0 spiro atoms. The molecule has 2 rings (SSSR count). The zero-order chi connectivity index (χ0) is 15.4. The van der Waals surface area contributed by atoms with Gasteiger partial charge in [0.2, 0.25) is 0 Å². The number of amides is 2. The number of aromatic nitrogens is 1. The predicted molar refractivity (Wildman–Crippen MR) is 80.7 cm³/mol. The van der Waals surface area contributed by atoms with Gasteiger partial charge in [-0.05, 0) is 31.2 Å².